The molecule has 0 atom stereocenters. The van der Waals surface area contributed by atoms with Crippen LogP contribution in [-0.2, 0) is 0 Å². The summed E-state index contributed by atoms with van der Waals surface area (Å²) in [7, 11) is 0. The van der Waals surface area contributed by atoms with Crippen molar-refractivity contribution in [3.05, 3.63) is 211 Å². The van der Waals surface area contributed by atoms with Crippen molar-refractivity contribution in [1.82, 2.24) is 24.1 Å². The van der Waals surface area contributed by atoms with E-state index in [0.717, 1.165) is 82.8 Å². The molecular weight excluding hydrogens is 735 g/mol. The van der Waals surface area contributed by atoms with Crippen LogP contribution in [0, 0.1) is 13.1 Å². The second-order valence-corrected chi connectivity index (χ2v) is 14.6. The lowest BCUT2D eigenvalue weighted by Crippen LogP contribution is -2.01. The number of fused-ring (bicyclic) bond motifs is 7. The average Bonchev–Trinajstić information content (AvgIpc) is 3.85. The lowest BCUT2D eigenvalue weighted by atomic mass is 10.0. The summed E-state index contributed by atoms with van der Waals surface area (Å²) in [6.07, 6.45) is 0. The van der Waals surface area contributed by atoms with E-state index in [1.807, 2.05) is 103 Å². The molecule has 0 aliphatic rings. The van der Waals surface area contributed by atoms with Crippen molar-refractivity contribution in [2.24, 2.45) is 0 Å². The standard InChI is InChI=1S/C53H31N7/c1-54-39-26-21-34(22-27-39)35-23-28-40(29-24-35)59-46-19-11-9-17-41(46)43-30-31-44-42-18-10-12-20-47(42)60(50(44)49(43)59)48-32-25-38(33-45(48)55-2)53-57-51(36-13-5-3-6-14-36)56-52(58-53)37-15-7-4-8-16-37/h3-33H. The number of benzene rings is 8. The lowest BCUT2D eigenvalue weighted by Gasteiger charge is -2.15. The summed E-state index contributed by atoms with van der Waals surface area (Å²) in [5, 5.41) is 4.45. The minimum absolute atomic E-state index is 0.478. The van der Waals surface area contributed by atoms with Gasteiger partial charge in [-0.3, -0.25) is 0 Å². The number of hydrogen-bond acceptors (Lipinski definition) is 3. The number of hydrogen-bond donors (Lipinski definition) is 0. The van der Waals surface area contributed by atoms with Crippen molar-refractivity contribution in [3.63, 3.8) is 0 Å². The summed E-state index contributed by atoms with van der Waals surface area (Å²) in [5.74, 6) is 1.63. The molecule has 0 aliphatic heterocycles. The van der Waals surface area contributed by atoms with Gasteiger partial charge >= 0.3 is 0 Å². The molecule has 3 aromatic heterocycles. The minimum atomic E-state index is 0.478. The molecule has 278 valence electrons. The lowest BCUT2D eigenvalue weighted by molar-refractivity contribution is 1.07. The van der Waals surface area contributed by atoms with Crippen LogP contribution in [0.4, 0.5) is 11.4 Å². The predicted octanol–water partition coefficient (Wildman–Crippen LogP) is 13.8. The van der Waals surface area contributed by atoms with Crippen molar-refractivity contribution in [3.8, 4) is 56.7 Å². The van der Waals surface area contributed by atoms with Crippen LogP contribution in [0.15, 0.2) is 188 Å². The molecule has 11 rings (SSSR count). The van der Waals surface area contributed by atoms with Crippen LogP contribution in [0.1, 0.15) is 0 Å². The van der Waals surface area contributed by atoms with Crippen LogP contribution in [0.25, 0.3) is 110 Å². The quantitative estimate of drug-likeness (QED) is 0.158. The van der Waals surface area contributed by atoms with Gasteiger partial charge < -0.3 is 9.13 Å². The Morgan fingerprint density at radius 1 is 0.367 bits per heavy atom. The van der Waals surface area contributed by atoms with Crippen LogP contribution in [0.3, 0.4) is 0 Å². The Morgan fingerprint density at radius 2 is 0.833 bits per heavy atom. The Bertz CT molecular complexity index is 3480. The van der Waals surface area contributed by atoms with E-state index < -0.39 is 0 Å². The highest BCUT2D eigenvalue weighted by Crippen LogP contribution is 2.44. The van der Waals surface area contributed by atoms with Gasteiger partial charge in [0.2, 0.25) is 5.69 Å². The molecule has 60 heavy (non-hydrogen) atoms. The van der Waals surface area contributed by atoms with E-state index in [1.54, 1.807) is 0 Å². The van der Waals surface area contributed by atoms with Crippen molar-refractivity contribution < 1.29 is 0 Å². The van der Waals surface area contributed by atoms with Crippen molar-refractivity contribution in [2.45, 2.75) is 0 Å². The summed E-state index contributed by atoms with van der Waals surface area (Å²) in [6, 6.07) is 63.5. The van der Waals surface area contributed by atoms with Gasteiger partial charge in [0.15, 0.2) is 23.2 Å². The van der Waals surface area contributed by atoms with Crippen LogP contribution < -0.4 is 0 Å². The molecule has 0 N–H and O–H groups in total. The fourth-order valence-corrected chi connectivity index (χ4v) is 8.43. The maximum absolute atomic E-state index is 8.60. The maximum Gasteiger partial charge on any atom is 0.211 e. The molecule has 11 aromatic rings. The third-order valence-electron chi connectivity index (χ3n) is 11.2. The minimum Gasteiger partial charge on any atom is -0.317 e. The third-order valence-corrected chi connectivity index (χ3v) is 11.2. The monoisotopic (exact) mass is 765 g/mol. The largest absolute Gasteiger partial charge is 0.317 e. The highest BCUT2D eigenvalue weighted by Gasteiger charge is 2.23. The van der Waals surface area contributed by atoms with Crippen LogP contribution >= 0.6 is 0 Å². The highest BCUT2D eigenvalue weighted by molar-refractivity contribution is 6.24. The van der Waals surface area contributed by atoms with E-state index >= 15 is 0 Å². The Hall–Kier alpha value is -8.65. The van der Waals surface area contributed by atoms with Crippen molar-refractivity contribution >= 4 is 55.0 Å². The van der Waals surface area contributed by atoms with E-state index in [4.69, 9.17) is 28.1 Å². The van der Waals surface area contributed by atoms with Gasteiger partial charge in [-0.15, -0.1) is 0 Å². The van der Waals surface area contributed by atoms with Gasteiger partial charge in [0.1, 0.15) is 0 Å². The fraction of sp³-hybridized carbons (Fsp3) is 0. The van der Waals surface area contributed by atoms with Gasteiger partial charge in [-0.2, -0.15) is 0 Å². The van der Waals surface area contributed by atoms with Crippen molar-refractivity contribution in [2.75, 3.05) is 0 Å². The zero-order valence-electron chi connectivity index (χ0n) is 32.0. The molecule has 0 amide bonds. The highest BCUT2D eigenvalue weighted by atomic mass is 15.1. The Morgan fingerprint density at radius 3 is 1.38 bits per heavy atom. The molecular formula is C53H31N7. The second-order valence-electron chi connectivity index (χ2n) is 14.6. The summed E-state index contributed by atoms with van der Waals surface area (Å²) in [4.78, 5) is 22.5. The number of para-hydroxylation sites is 2. The summed E-state index contributed by atoms with van der Waals surface area (Å²) in [6.45, 7) is 16.0. The Balaban J connectivity index is 1.14. The molecule has 7 nitrogen and oxygen atoms in total. The van der Waals surface area contributed by atoms with Gasteiger partial charge in [0.25, 0.3) is 0 Å². The third kappa shape index (κ3) is 5.61. The molecule has 0 unspecified atom stereocenters. The molecule has 8 aromatic carbocycles. The molecule has 0 saturated carbocycles. The molecule has 0 fully saturated rings. The second kappa shape index (κ2) is 14.1. The predicted molar refractivity (Wildman–Crippen MR) is 243 cm³/mol. The Labute approximate surface area is 345 Å². The van der Waals surface area contributed by atoms with Gasteiger partial charge in [-0.25, -0.2) is 24.6 Å². The summed E-state index contributed by atoms with van der Waals surface area (Å²) < 4.78 is 4.60. The molecule has 3 heterocycles. The first-order valence-corrected chi connectivity index (χ1v) is 19.6. The van der Waals surface area contributed by atoms with E-state index in [9.17, 15) is 0 Å². The first kappa shape index (κ1) is 34.6. The van der Waals surface area contributed by atoms with Gasteiger partial charge in [-0.1, -0.05) is 152 Å². The average molecular weight is 766 g/mol. The zero-order chi connectivity index (χ0) is 40.2. The SMILES string of the molecule is [C-]#[N+]c1ccc(-c2ccc(-n3c4ccccc4c4ccc5c6ccccc6n(-c6ccc(-c7nc(-c8ccccc8)nc(-c8ccccc8)n7)cc6[N+]#[C-])c5c43)cc2)cc1. The van der Waals surface area contributed by atoms with Gasteiger partial charge in [-0.05, 0) is 47.5 Å². The number of nitrogens with zero attached hydrogens (tertiary/aromatic N) is 7. The topological polar surface area (TPSA) is 57.2 Å². The van der Waals surface area contributed by atoms with E-state index in [0.29, 0.717) is 28.8 Å². The fourth-order valence-electron chi connectivity index (χ4n) is 8.43. The Kier molecular flexibility index (Phi) is 8.11. The van der Waals surface area contributed by atoms with E-state index in [1.165, 1.54) is 0 Å². The first-order chi connectivity index (χ1) is 29.7. The van der Waals surface area contributed by atoms with Gasteiger partial charge in [0.05, 0.1) is 40.9 Å². The zero-order valence-corrected chi connectivity index (χ0v) is 32.0. The van der Waals surface area contributed by atoms with Crippen LogP contribution in [-0.4, -0.2) is 24.1 Å². The summed E-state index contributed by atoms with van der Waals surface area (Å²) in [5.41, 5.74) is 11.7. The molecule has 0 spiro atoms. The number of aromatic nitrogens is 5. The molecule has 0 bridgehead atoms. The maximum atomic E-state index is 8.60. The van der Waals surface area contributed by atoms with Crippen LogP contribution in [0.2, 0.25) is 0 Å². The van der Waals surface area contributed by atoms with E-state index in [2.05, 4.69) is 104 Å². The van der Waals surface area contributed by atoms with E-state index in [-0.39, 0.29) is 0 Å². The first-order valence-electron chi connectivity index (χ1n) is 19.6. The smallest absolute Gasteiger partial charge is 0.211 e. The van der Waals surface area contributed by atoms with Crippen LogP contribution in [0.5, 0.6) is 0 Å². The number of rotatable bonds is 6. The molecule has 0 aliphatic carbocycles. The van der Waals surface area contributed by atoms with Crippen molar-refractivity contribution in [1.29, 1.82) is 0 Å². The molecule has 7 heteroatoms. The molecule has 0 radical (unpaired) electrons. The normalized spacial score (nSPS) is 11.3. The summed E-state index contributed by atoms with van der Waals surface area (Å²) >= 11 is 0. The van der Waals surface area contributed by atoms with Gasteiger partial charge in [0, 0.05) is 43.9 Å². The molecule has 0 saturated heterocycles.